The molecule has 0 saturated carbocycles. The zero-order chi connectivity index (χ0) is 14.4. The van der Waals surface area contributed by atoms with Crippen LogP contribution in [0.15, 0.2) is 18.3 Å². The van der Waals surface area contributed by atoms with Crippen LogP contribution in [0, 0.1) is 0 Å². The van der Waals surface area contributed by atoms with Crippen molar-refractivity contribution in [3.8, 4) is 0 Å². The molecule has 104 valence electrons. The maximum atomic E-state index is 11.8. The molecule has 0 fully saturated rings. The number of pyridine rings is 1. The van der Waals surface area contributed by atoms with Gasteiger partial charge in [0.05, 0.1) is 0 Å². The molecule has 0 saturated heterocycles. The van der Waals surface area contributed by atoms with E-state index in [2.05, 4.69) is 15.6 Å². The molecule has 1 heterocycles. The molecule has 1 aromatic heterocycles. The van der Waals surface area contributed by atoms with Crippen LogP contribution in [0.3, 0.4) is 0 Å². The Bertz CT molecular complexity index is 460. The van der Waals surface area contributed by atoms with Gasteiger partial charge in [0.1, 0.15) is 11.7 Å². The molecule has 19 heavy (non-hydrogen) atoms. The lowest BCUT2D eigenvalue weighted by Crippen LogP contribution is -2.37. The summed E-state index contributed by atoms with van der Waals surface area (Å²) in [5.41, 5.74) is 1.04. The zero-order valence-electron chi connectivity index (χ0n) is 11.7. The van der Waals surface area contributed by atoms with E-state index in [0.717, 1.165) is 0 Å². The Morgan fingerprint density at radius 1 is 1.42 bits per heavy atom. The van der Waals surface area contributed by atoms with Gasteiger partial charge < -0.3 is 15.5 Å². The molecule has 1 rings (SSSR count). The SMILES string of the molecule is CCNC(=O)C(C)Nc1ccnc(C(=O)N(C)C)c1. The van der Waals surface area contributed by atoms with Gasteiger partial charge in [0.2, 0.25) is 5.91 Å². The number of likely N-dealkylation sites (N-methyl/N-ethyl adjacent to an activating group) is 1. The smallest absolute Gasteiger partial charge is 0.272 e. The molecule has 0 aliphatic heterocycles. The number of nitrogens with zero attached hydrogens (tertiary/aromatic N) is 2. The van der Waals surface area contributed by atoms with Gasteiger partial charge in [0.25, 0.3) is 5.91 Å². The van der Waals surface area contributed by atoms with Crippen molar-refractivity contribution >= 4 is 17.5 Å². The van der Waals surface area contributed by atoms with Crippen molar-refractivity contribution < 1.29 is 9.59 Å². The van der Waals surface area contributed by atoms with Crippen molar-refractivity contribution in [3.63, 3.8) is 0 Å². The molecular weight excluding hydrogens is 244 g/mol. The zero-order valence-corrected chi connectivity index (χ0v) is 11.7. The summed E-state index contributed by atoms with van der Waals surface area (Å²) in [4.78, 5) is 28.9. The maximum Gasteiger partial charge on any atom is 0.272 e. The van der Waals surface area contributed by atoms with Crippen molar-refractivity contribution in [1.29, 1.82) is 0 Å². The summed E-state index contributed by atoms with van der Waals surface area (Å²) >= 11 is 0. The first kappa shape index (κ1) is 14.9. The Labute approximate surface area is 113 Å². The molecule has 2 N–H and O–H groups in total. The van der Waals surface area contributed by atoms with E-state index < -0.39 is 0 Å². The van der Waals surface area contributed by atoms with Crippen LogP contribution in [-0.4, -0.2) is 48.4 Å². The van der Waals surface area contributed by atoms with E-state index in [4.69, 9.17) is 0 Å². The lowest BCUT2D eigenvalue weighted by atomic mass is 10.2. The topological polar surface area (TPSA) is 74.3 Å². The summed E-state index contributed by atoms with van der Waals surface area (Å²) in [6.45, 7) is 4.22. The van der Waals surface area contributed by atoms with Crippen LogP contribution in [0.2, 0.25) is 0 Å². The number of amides is 2. The largest absolute Gasteiger partial charge is 0.374 e. The van der Waals surface area contributed by atoms with Crippen LogP contribution in [0.1, 0.15) is 24.3 Å². The van der Waals surface area contributed by atoms with Crippen molar-refractivity contribution in [2.45, 2.75) is 19.9 Å². The van der Waals surface area contributed by atoms with Crippen molar-refractivity contribution in [2.75, 3.05) is 26.0 Å². The third-order valence-electron chi connectivity index (χ3n) is 2.51. The summed E-state index contributed by atoms with van der Waals surface area (Å²) in [5.74, 6) is -0.255. The first-order valence-electron chi connectivity index (χ1n) is 6.17. The van der Waals surface area contributed by atoms with Gasteiger partial charge in [-0.1, -0.05) is 0 Å². The molecule has 0 spiro atoms. The summed E-state index contributed by atoms with van der Waals surface area (Å²) in [5, 5.41) is 5.77. The van der Waals surface area contributed by atoms with E-state index >= 15 is 0 Å². The number of rotatable bonds is 5. The first-order chi connectivity index (χ1) is 8.95. The van der Waals surface area contributed by atoms with Gasteiger partial charge in [-0.25, -0.2) is 0 Å². The Balaban J connectivity index is 2.77. The molecule has 1 unspecified atom stereocenters. The fourth-order valence-corrected chi connectivity index (χ4v) is 1.51. The van der Waals surface area contributed by atoms with E-state index in [9.17, 15) is 9.59 Å². The van der Waals surface area contributed by atoms with Gasteiger partial charge in [0, 0.05) is 32.5 Å². The number of carbonyl (C=O) groups excluding carboxylic acids is 2. The molecular formula is C13H20N4O2. The first-order valence-corrected chi connectivity index (χ1v) is 6.17. The second-order valence-corrected chi connectivity index (χ2v) is 4.39. The van der Waals surface area contributed by atoms with Crippen LogP contribution in [0.5, 0.6) is 0 Å². The van der Waals surface area contributed by atoms with Crippen LogP contribution in [0.25, 0.3) is 0 Å². The van der Waals surface area contributed by atoms with Crippen LogP contribution in [0.4, 0.5) is 5.69 Å². The van der Waals surface area contributed by atoms with Crippen LogP contribution >= 0.6 is 0 Å². The summed E-state index contributed by atoms with van der Waals surface area (Å²) < 4.78 is 0. The van der Waals surface area contributed by atoms with Gasteiger partial charge in [-0.05, 0) is 26.0 Å². The minimum absolute atomic E-state index is 0.0835. The van der Waals surface area contributed by atoms with E-state index in [0.29, 0.717) is 17.9 Å². The second kappa shape index (κ2) is 6.72. The highest BCUT2D eigenvalue weighted by atomic mass is 16.2. The molecule has 1 atom stereocenters. The number of hydrogen-bond donors (Lipinski definition) is 2. The fourth-order valence-electron chi connectivity index (χ4n) is 1.51. The predicted molar refractivity (Wildman–Crippen MR) is 74.0 cm³/mol. The normalized spacial score (nSPS) is 11.6. The number of nitrogens with one attached hydrogen (secondary N) is 2. The quantitative estimate of drug-likeness (QED) is 0.822. The summed E-state index contributed by atoms with van der Waals surface area (Å²) in [6.07, 6.45) is 1.55. The van der Waals surface area contributed by atoms with Gasteiger partial charge in [-0.3, -0.25) is 14.6 Å². The molecule has 0 aliphatic carbocycles. The monoisotopic (exact) mass is 264 g/mol. The highest BCUT2D eigenvalue weighted by Crippen LogP contribution is 2.10. The van der Waals surface area contributed by atoms with Crippen LogP contribution < -0.4 is 10.6 Å². The lowest BCUT2D eigenvalue weighted by molar-refractivity contribution is -0.121. The number of anilines is 1. The van der Waals surface area contributed by atoms with E-state index in [1.54, 1.807) is 39.3 Å². The van der Waals surface area contributed by atoms with Gasteiger partial charge >= 0.3 is 0 Å². The van der Waals surface area contributed by atoms with E-state index in [1.807, 2.05) is 6.92 Å². The standard InChI is InChI=1S/C13H20N4O2/c1-5-14-12(18)9(2)16-10-6-7-15-11(8-10)13(19)17(3)4/h6-9H,5H2,1-4H3,(H,14,18)(H,15,16). The minimum Gasteiger partial charge on any atom is -0.374 e. The molecule has 2 amide bonds. The molecule has 6 heteroatoms. The highest BCUT2D eigenvalue weighted by Gasteiger charge is 2.13. The van der Waals surface area contributed by atoms with Crippen LogP contribution in [-0.2, 0) is 4.79 Å². The average molecular weight is 264 g/mol. The Morgan fingerprint density at radius 2 is 2.11 bits per heavy atom. The van der Waals surface area contributed by atoms with Crippen molar-refractivity contribution in [3.05, 3.63) is 24.0 Å². The lowest BCUT2D eigenvalue weighted by Gasteiger charge is -2.15. The molecule has 0 radical (unpaired) electrons. The Kier molecular flexibility index (Phi) is 5.29. The third kappa shape index (κ3) is 4.24. The summed E-state index contributed by atoms with van der Waals surface area (Å²) in [7, 11) is 3.34. The molecule has 0 aliphatic rings. The average Bonchev–Trinajstić information content (AvgIpc) is 2.38. The predicted octanol–water partition coefficient (Wildman–Crippen LogP) is 0.720. The maximum absolute atomic E-state index is 11.8. The van der Waals surface area contributed by atoms with Crippen molar-refractivity contribution in [1.82, 2.24) is 15.2 Å². The molecule has 1 aromatic rings. The molecule has 0 bridgehead atoms. The minimum atomic E-state index is -0.371. The van der Waals surface area contributed by atoms with E-state index in [1.165, 1.54) is 4.90 Å². The highest BCUT2D eigenvalue weighted by molar-refractivity contribution is 5.93. The fraction of sp³-hybridized carbons (Fsp3) is 0.462. The Hall–Kier alpha value is -2.11. The van der Waals surface area contributed by atoms with Gasteiger partial charge in [0.15, 0.2) is 0 Å². The second-order valence-electron chi connectivity index (χ2n) is 4.39. The Morgan fingerprint density at radius 3 is 2.68 bits per heavy atom. The number of aromatic nitrogens is 1. The number of carbonyl (C=O) groups is 2. The number of hydrogen-bond acceptors (Lipinski definition) is 4. The van der Waals surface area contributed by atoms with Crippen molar-refractivity contribution in [2.24, 2.45) is 0 Å². The summed E-state index contributed by atoms with van der Waals surface area (Å²) in [6, 6.07) is 2.99. The van der Waals surface area contributed by atoms with Gasteiger partial charge in [-0.2, -0.15) is 0 Å². The third-order valence-corrected chi connectivity index (χ3v) is 2.51. The molecule has 6 nitrogen and oxygen atoms in total. The van der Waals surface area contributed by atoms with E-state index in [-0.39, 0.29) is 17.9 Å². The molecule has 0 aromatic carbocycles. The van der Waals surface area contributed by atoms with Gasteiger partial charge in [-0.15, -0.1) is 0 Å².